The summed E-state index contributed by atoms with van der Waals surface area (Å²) < 4.78 is 23.3. The van der Waals surface area contributed by atoms with Crippen LogP contribution in [0.3, 0.4) is 0 Å². The summed E-state index contributed by atoms with van der Waals surface area (Å²) in [7, 11) is -2.48. The van der Waals surface area contributed by atoms with Crippen LogP contribution in [0, 0.1) is 0 Å². The third-order valence-corrected chi connectivity index (χ3v) is 7.23. The van der Waals surface area contributed by atoms with Crippen molar-refractivity contribution in [2.45, 2.75) is 58.9 Å². The summed E-state index contributed by atoms with van der Waals surface area (Å²) in [6, 6.07) is 0.842. The molecule has 0 aromatic carbocycles. The Kier molecular flexibility index (Phi) is 12.2. The second-order valence-electron chi connectivity index (χ2n) is 5.95. The summed E-state index contributed by atoms with van der Waals surface area (Å²) in [6.45, 7) is 13.2. The Hall–Kier alpha value is 0.0169. The molecule has 5 nitrogen and oxygen atoms in total. The lowest BCUT2D eigenvalue weighted by Gasteiger charge is -2.28. The zero-order valence-electron chi connectivity index (χ0n) is 15.5. The van der Waals surface area contributed by atoms with Crippen LogP contribution < -0.4 is 0 Å². The maximum absolute atomic E-state index is 5.85. The monoisotopic (exact) mass is 347 g/mol. The minimum atomic E-state index is -2.48. The van der Waals surface area contributed by atoms with Crippen LogP contribution in [-0.2, 0) is 18.0 Å². The van der Waals surface area contributed by atoms with Crippen molar-refractivity contribution in [3.63, 3.8) is 0 Å². The maximum Gasteiger partial charge on any atom is 0.501 e. The molecule has 0 N–H and O–H groups in total. The van der Waals surface area contributed by atoms with Crippen LogP contribution in [0.5, 0.6) is 0 Å². The van der Waals surface area contributed by atoms with Gasteiger partial charge in [-0.2, -0.15) is 0 Å². The molecule has 6 heteroatoms. The van der Waals surface area contributed by atoms with Crippen molar-refractivity contribution in [2.75, 3.05) is 52.7 Å². The van der Waals surface area contributed by atoms with Gasteiger partial charge in [0.25, 0.3) is 0 Å². The van der Waals surface area contributed by atoms with E-state index in [0.29, 0.717) is 19.8 Å². The number of piperidine rings is 1. The predicted molar refractivity (Wildman–Crippen MR) is 95.8 cm³/mol. The molecule has 1 heterocycles. The normalized spacial score (nSPS) is 16.8. The van der Waals surface area contributed by atoms with Crippen LogP contribution in [0.2, 0.25) is 6.04 Å². The molecule has 1 rings (SSSR count). The molecule has 0 spiro atoms. The molecule has 0 unspecified atom stereocenters. The Morgan fingerprint density at radius 2 is 1.35 bits per heavy atom. The van der Waals surface area contributed by atoms with E-state index in [-0.39, 0.29) is 0 Å². The molecule has 0 bridgehead atoms. The van der Waals surface area contributed by atoms with Gasteiger partial charge in [-0.15, -0.1) is 0 Å². The van der Waals surface area contributed by atoms with E-state index in [2.05, 4.69) is 4.90 Å². The molecule has 0 aromatic heterocycles. The van der Waals surface area contributed by atoms with E-state index in [9.17, 15) is 0 Å². The molecule has 1 aliphatic rings. The zero-order chi connectivity index (χ0) is 16.8. The minimum absolute atomic E-state index is 0.642. The third kappa shape index (κ3) is 9.17. The fraction of sp³-hybridized carbons (Fsp3) is 1.00. The predicted octanol–water partition coefficient (Wildman–Crippen LogP) is 3.32. The van der Waals surface area contributed by atoms with Gasteiger partial charge in [0, 0.05) is 45.6 Å². The lowest BCUT2D eigenvalue weighted by atomic mass is 10.1. The summed E-state index contributed by atoms with van der Waals surface area (Å²) in [5, 5.41) is 0. The molecular weight excluding hydrogens is 310 g/mol. The summed E-state index contributed by atoms with van der Waals surface area (Å²) >= 11 is 0. The molecule has 0 aromatic rings. The highest BCUT2D eigenvalue weighted by atomic mass is 28.4. The van der Waals surface area contributed by atoms with Crippen molar-refractivity contribution in [2.24, 2.45) is 0 Å². The molecule has 0 aliphatic carbocycles. The average Bonchev–Trinajstić information content (AvgIpc) is 2.56. The summed E-state index contributed by atoms with van der Waals surface area (Å²) in [6.07, 6.45) is 6.19. The van der Waals surface area contributed by atoms with Crippen molar-refractivity contribution in [3.8, 4) is 0 Å². The fourth-order valence-corrected chi connectivity index (χ4v) is 5.65. The maximum atomic E-state index is 5.85. The van der Waals surface area contributed by atoms with E-state index in [1.54, 1.807) is 0 Å². The highest BCUT2D eigenvalue weighted by molar-refractivity contribution is 6.60. The zero-order valence-corrected chi connectivity index (χ0v) is 16.5. The fourth-order valence-electron chi connectivity index (χ4n) is 3.07. The topological polar surface area (TPSA) is 40.2 Å². The Bertz CT molecular complexity index is 258. The van der Waals surface area contributed by atoms with Crippen LogP contribution >= 0.6 is 0 Å². The molecular formula is C17H37NO4Si. The van der Waals surface area contributed by atoms with E-state index in [4.69, 9.17) is 18.0 Å². The molecule has 1 fully saturated rings. The minimum Gasteiger partial charge on any atom is -0.381 e. The van der Waals surface area contributed by atoms with Gasteiger partial charge in [-0.3, -0.25) is 0 Å². The van der Waals surface area contributed by atoms with Gasteiger partial charge in [0.1, 0.15) is 0 Å². The van der Waals surface area contributed by atoms with Gasteiger partial charge in [0.2, 0.25) is 0 Å². The molecule has 0 saturated carbocycles. The Morgan fingerprint density at radius 1 is 0.783 bits per heavy atom. The molecule has 138 valence electrons. The number of likely N-dealkylation sites (tertiary alicyclic amines) is 1. The second kappa shape index (κ2) is 13.3. The first-order chi connectivity index (χ1) is 11.3. The smallest absolute Gasteiger partial charge is 0.381 e. The van der Waals surface area contributed by atoms with Crippen molar-refractivity contribution < 1.29 is 18.0 Å². The lowest BCUT2D eigenvalue weighted by molar-refractivity contribution is 0.0651. The number of hydrogen-bond acceptors (Lipinski definition) is 5. The standard InChI is InChI=1S/C17H37NO4Si/c1-4-20-23(21-5-2,22-6-3)17-11-16-19-15-10-14-18-12-8-7-9-13-18/h4-17H2,1-3H3. The number of nitrogens with zero attached hydrogens (tertiary/aromatic N) is 1. The largest absolute Gasteiger partial charge is 0.501 e. The first-order valence-corrected chi connectivity index (χ1v) is 11.4. The molecule has 0 radical (unpaired) electrons. The van der Waals surface area contributed by atoms with Crippen LogP contribution in [0.1, 0.15) is 52.9 Å². The van der Waals surface area contributed by atoms with Crippen molar-refractivity contribution in [1.82, 2.24) is 4.90 Å². The number of ether oxygens (including phenoxy) is 1. The quantitative estimate of drug-likeness (QED) is 0.356. The van der Waals surface area contributed by atoms with E-state index >= 15 is 0 Å². The first-order valence-electron chi connectivity index (χ1n) is 9.48. The second-order valence-corrected chi connectivity index (χ2v) is 8.69. The van der Waals surface area contributed by atoms with E-state index in [1.165, 1.54) is 38.9 Å². The number of hydrogen-bond donors (Lipinski definition) is 0. The molecule has 0 amide bonds. The van der Waals surface area contributed by atoms with Gasteiger partial charge in [-0.05, 0) is 59.5 Å². The van der Waals surface area contributed by atoms with E-state index in [1.807, 2.05) is 20.8 Å². The van der Waals surface area contributed by atoms with Gasteiger partial charge in [0.15, 0.2) is 0 Å². The molecule has 1 saturated heterocycles. The van der Waals surface area contributed by atoms with E-state index < -0.39 is 8.80 Å². The van der Waals surface area contributed by atoms with Crippen LogP contribution in [0.4, 0.5) is 0 Å². The molecule has 0 atom stereocenters. The molecule has 1 aliphatic heterocycles. The summed E-state index contributed by atoms with van der Waals surface area (Å²) in [5.41, 5.74) is 0. The average molecular weight is 348 g/mol. The van der Waals surface area contributed by atoms with Crippen molar-refractivity contribution in [3.05, 3.63) is 0 Å². The molecule has 23 heavy (non-hydrogen) atoms. The SMILES string of the molecule is CCO[Si](CCCOCCCN1CCCCC1)(OCC)OCC. The highest BCUT2D eigenvalue weighted by Crippen LogP contribution is 2.18. The van der Waals surface area contributed by atoms with E-state index in [0.717, 1.165) is 32.1 Å². The van der Waals surface area contributed by atoms with Crippen LogP contribution in [0.25, 0.3) is 0 Å². The van der Waals surface area contributed by atoms with Gasteiger partial charge < -0.3 is 22.9 Å². The van der Waals surface area contributed by atoms with Crippen LogP contribution in [0.15, 0.2) is 0 Å². The van der Waals surface area contributed by atoms with Gasteiger partial charge >= 0.3 is 8.80 Å². The van der Waals surface area contributed by atoms with Crippen molar-refractivity contribution >= 4 is 8.80 Å². The Morgan fingerprint density at radius 3 is 1.91 bits per heavy atom. The van der Waals surface area contributed by atoms with Crippen molar-refractivity contribution in [1.29, 1.82) is 0 Å². The van der Waals surface area contributed by atoms with Gasteiger partial charge in [0.05, 0.1) is 0 Å². The third-order valence-electron chi connectivity index (χ3n) is 4.08. The lowest BCUT2D eigenvalue weighted by Crippen LogP contribution is -2.46. The summed E-state index contributed by atoms with van der Waals surface area (Å²) in [4.78, 5) is 2.56. The van der Waals surface area contributed by atoms with Gasteiger partial charge in [-0.25, -0.2) is 0 Å². The van der Waals surface area contributed by atoms with Crippen LogP contribution in [-0.4, -0.2) is 66.4 Å². The van der Waals surface area contributed by atoms with Gasteiger partial charge in [-0.1, -0.05) is 6.42 Å². The Balaban J connectivity index is 2.10. The summed E-state index contributed by atoms with van der Waals surface area (Å²) in [5.74, 6) is 0. The highest BCUT2D eigenvalue weighted by Gasteiger charge is 2.39. The Labute approximate surface area is 144 Å². The first kappa shape index (κ1) is 21.1. The number of rotatable bonds is 14.